The lowest BCUT2D eigenvalue weighted by Crippen LogP contribution is -2.48. The van der Waals surface area contributed by atoms with Gasteiger partial charge in [0.1, 0.15) is 12.4 Å². The largest absolute Gasteiger partial charge is 0.489 e. The van der Waals surface area contributed by atoms with Crippen LogP contribution in [0, 0.1) is 0 Å². The lowest BCUT2D eigenvalue weighted by Gasteiger charge is -2.09. The van der Waals surface area contributed by atoms with Crippen LogP contribution in [0.5, 0.6) is 5.75 Å². The number of nitrogens with one attached hydrogen (secondary N) is 3. The van der Waals surface area contributed by atoms with Gasteiger partial charge in [-0.3, -0.25) is 25.2 Å². The number of benzene rings is 2. The van der Waals surface area contributed by atoms with E-state index in [9.17, 15) is 14.4 Å². The standard InChI is InChI=1S/C19H19N3O4/c23-17(21-22-19(25)18(24)20-15-8-9-15)14-6-10-16(11-7-14)26-12-13-4-2-1-3-5-13/h1-7,10-11,15H,8-9,12H2,(H,20,24)(H,21,23)(H,22,25). The van der Waals surface area contributed by atoms with Crippen LogP contribution in [0.25, 0.3) is 0 Å². The summed E-state index contributed by atoms with van der Waals surface area (Å²) in [5.41, 5.74) is 5.68. The van der Waals surface area contributed by atoms with Crippen molar-refractivity contribution in [2.75, 3.05) is 0 Å². The summed E-state index contributed by atoms with van der Waals surface area (Å²) in [7, 11) is 0. The quantitative estimate of drug-likeness (QED) is 0.558. The highest BCUT2D eigenvalue weighted by molar-refractivity contribution is 6.35. The van der Waals surface area contributed by atoms with E-state index >= 15 is 0 Å². The van der Waals surface area contributed by atoms with Gasteiger partial charge in [-0.25, -0.2) is 0 Å². The molecule has 3 amide bonds. The molecule has 0 aromatic heterocycles. The van der Waals surface area contributed by atoms with Crippen molar-refractivity contribution in [3.63, 3.8) is 0 Å². The summed E-state index contributed by atoms with van der Waals surface area (Å²) in [6, 6.07) is 16.3. The first kappa shape index (κ1) is 17.5. The first-order valence-electron chi connectivity index (χ1n) is 8.30. The Hall–Kier alpha value is -3.35. The number of carbonyl (C=O) groups is 3. The monoisotopic (exact) mass is 353 g/mol. The third-order valence-electron chi connectivity index (χ3n) is 3.77. The second-order valence-electron chi connectivity index (χ2n) is 5.95. The predicted octanol–water partition coefficient (Wildman–Crippen LogP) is 1.31. The van der Waals surface area contributed by atoms with Crippen molar-refractivity contribution in [1.29, 1.82) is 0 Å². The second-order valence-corrected chi connectivity index (χ2v) is 5.95. The Morgan fingerprint density at radius 3 is 2.23 bits per heavy atom. The Bertz CT molecular complexity index is 786. The summed E-state index contributed by atoms with van der Waals surface area (Å²) in [5, 5.41) is 2.53. The lowest BCUT2D eigenvalue weighted by molar-refractivity contribution is -0.139. The highest BCUT2D eigenvalue weighted by atomic mass is 16.5. The van der Waals surface area contributed by atoms with Crippen LogP contribution in [0.2, 0.25) is 0 Å². The zero-order valence-corrected chi connectivity index (χ0v) is 14.0. The van der Waals surface area contributed by atoms with E-state index in [1.54, 1.807) is 24.3 Å². The van der Waals surface area contributed by atoms with E-state index in [2.05, 4.69) is 16.2 Å². The molecule has 134 valence electrons. The minimum Gasteiger partial charge on any atom is -0.489 e. The maximum absolute atomic E-state index is 12.0. The minimum absolute atomic E-state index is 0.0763. The van der Waals surface area contributed by atoms with Gasteiger partial charge >= 0.3 is 11.8 Å². The van der Waals surface area contributed by atoms with Crippen molar-refractivity contribution in [2.45, 2.75) is 25.5 Å². The first-order valence-corrected chi connectivity index (χ1v) is 8.30. The average molecular weight is 353 g/mol. The van der Waals surface area contributed by atoms with Crippen molar-refractivity contribution in [1.82, 2.24) is 16.2 Å². The van der Waals surface area contributed by atoms with Gasteiger partial charge in [0.15, 0.2) is 0 Å². The highest BCUT2D eigenvalue weighted by Gasteiger charge is 2.26. The Kier molecular flexibility index (Phi) is 5.48. The van der Waals surface area contributed by atoms with Crippen LogP contribution in [0.15, 0.2) is 54.6 Å². The number of rotatable bonds is 5. The van der Waals surface area contributed by atoms with E-state index in [-0.39, 0.29) is 6.04 Å². The smallest absolute Gasteiger partial charge is 0.327 e. The van der Waals surface area contributed by atoms with Gasteiger partial charge in [-0.1, -0.05) is 30.3 Å². The molecule has 0 spiro atoms. The van der Waals surface area contributed by atoms with Gasteiger partial charge in [-0.15, -0.1) is 0 Å². The molecule has 1 saturated carbocycles. The van der Waals surface area contributed by atoms with Crippen LogP contribution in [-0.2, 0) is 16.2 Å². The van der Waals surface area contributed by atoms with Gasteiger partial charge in [-0.2, -0.15) is 0 Å². The Balaban J connectivity index is 1.45. The van der Waals surface area contributed by atoms with Crippen molar-refractivity contribution < 1.29 is 19.1 Å². The molecule has 1 aliphatic rings. The zero-order chi connectivity index (χ0) is 18.4. The van der Waals surface area contributed by atoms with Gasteiger partial charge in [-0.05, 0) is 42.7 Å². The molecule has 7 heteroatoms. The van der Waals surface area contributed by atoms with E-state index in [0.717, 1.165) is 18.4 Å². The number of hydrogen-bond acceptors (Lipinski definition) is 4. The Morgan fingerprint density at radius 1 is 0.885 bits per heavy atom. The van der Waals surface area contributed by atoms with E-state index in [1.165, 1.54) is 0 Å². The molecule has 0 atom stereocenters. The summed E-state index contributed by atoms with van der Waals surface area (Å²) < 4.78 is 5.64. The van der Waals surface area contributed by atoms with Crippen molar-refractivity contribution in [2.24, 2.45) is 0 Å². The molecule has 0 heterocycles. The van der Waals surface area contributed by atoms with Gasteiger partial charge in [0.05, 0.1) is 0 Å². The molecule has 3 rings (SSSR count). The third-order valence-corrected chi connectivity index (χ3v) is 3.77. The first-order chi connectivity index (χ1) is 12.6. The van der Waals surface area contributed by atoms with Gasteiger partial charge in [0.2, 0.25) is 0 Å². The molecule has 1 fully saturated rings. The normalized spacial score (nSPS) is 12.8. The molecule has 0 aliphatic heterocycles. The molecule has 0 radical (unpaired) electrons. The number of ether oxygens (including phenoxy) is 1. The maximum Gasteiger partial charge on any atom is 0.327 e. The van der Waals surface area contributed by atoms with Crippen LogP contribution in [0.1, 0.15) is 28.8 Å². The molecule has 0 unspecified atom stereocenters. The SMILES string of the molecule is O=C(NNC(=O)c1ccc(OCc2ccccc2)cc1)C(=O)NC1CC1. The maximum atomic E-state index is 12.0. The molecule has 1 aliphatic carbocycles. The minimum atomic E-state index is -0.895. The molecule has 0 saturated heterocycles. The summed E-state index contributed by atoms with van der Waals surface area (Å²) in [6.07, 6.45) is 1.76. The highest BCUT2D eigenvalue weighted by Crippen LogP contribution is 2.18. The van der Waals surface area contributed by atoms with Crippen molar-refractivity contribution in [3.8, 4) is 5.75 Å². The summed E-state index contributed by atoms with van der Waals surface area (Å²) in [6.45, 7) is 0.429. The number of amides is 3. The van der Waals surface area contributed by atoms with E-state index in [4.69, 9.17) is 4.74 Å². The number of hydrazine groups is 1. The zero-order valence-electron chi connectivity index (χ0n) is 14.0. The molecular formula is C19H19N3O4. The average Bonchev–Trinajstić information content (AvgIpc) is 3.49. The third kappa shape index (κ3) is 5.07. The topological polar surface area (TPSA) is 96.5 Å². The van der Waals surface area contributed by atoms with E-state index < -0.39 is 17.7 Å². The fourth-order valence-electron chi connectivity index (χ4n) is 2.16. The van der Waals surface area contributed by atoms with E-state index in [1.807, 2.05) is 30.3 Å². The molecule has 3 N–H and O–H groups in total. The molecule has 0 bridgehead atoms. The summed E-state index contributed by atoms with van der Waals surface area (Å²) in [4.78, 5) is 35.0. The molecule has 2 aromatic rings. The van der Waals surface area contributed by atoms with Gasteiger partial charge in [0, 0.05) is 11.6 Å². The fraction of sp³-hybridized carbons (Fsp3) is 0.211. The molecule has 26 heavy (non-hydrogen) atoms. The second kappa shape index (κ2) is 8.15. The Labute approximate surface area is 150 Å². The summed E-state index contributed by atoms with van der Waals surface area (Å²) in [5.74, 6) is -1.55. The van der Waals surface area contributed by atoms with Crippen molar-refractivity contribution >= 4 is 17.7 Å². The van der Waals surface area contributed by atoms with Crippen LogP contribution in [-0.4, -0.2) is 23.8 Å². The fourth-order valence-corrected chi connectivity index (χ4v) is 2.16. The van der Waals surface area contributed by atoms with Crippen LogP contribution < -0.4 is 20.9 Å². The van der Waals surface area contributed by atoms with Crippen molar-refractivity contribution in [3.05, 3.63) is 65.7 Å². The Morgan fingerprint density at radius 2 is 1.58 bits per heavy atom. The van der Waals surface area contributed by atoms with Gasteiger partial charge in [0.25, 0.3) is 5.91 Å². The molecule has 7 nitrogen and oxygen atoms in total. The lowest BCUT2D eigenvalue weighted by atomic mass is 10.2. The molecular weight excluding hydrogens is 334 g/mol. The van der Waals surface area contributed by atoms with E-state index in [0.29, 0.717) is 17.9 Å². The number of hydrogen-bond donors (Lipinski definition) is 3. The van der Waals surface area contributed by atoms with Crippen LogP contribution >= 0.6 is 0 Å². The number of carbonyl (C=O) groups excluding carboxylic acids is 3. The van der Waals surface area contributed by atoms with Gasteiger partial charge < -0.3 is 10.1 Å². The summed E-state index contributed by atoms with van der Waals surface area (Å²) >= 11 is 0. The predicted molar refractivity (Wildman–Crippen MR) is 94.0 cm³/mol. The van der Waals surface area contributed by atoms with Crippen LogP contribution in [0.3, 0.4) is 0 Å². The molecule has 2 aromatic carbocycles. The van der Waals surface area contributed by atoms with Crippen LogP contribution in [0.4, 0.5) is 0 Å².